The smallest absolute Gasteiger partial charge is 0.336 e. The molecule has 9 nitrogen and oxygen atoms in total. The molecule has 0 aliphatic carbocycles. The van der Waals surface area contributed by atoms with Gasteiger partial charge in [0.1, 0.15) is 0 Å². The number of carbonyl (C=O) groups excluding carboxylic acids is 1. The molecule has 122 valence electrons. The number of carbonyl (C=O) groups is 3. The molecular formula is C12H23N3O6. The van der Waals surface area contributed by atoms with Gasteiger partial charge in [-0.15, -0.1) is 0 Å². The van der Waals surface area contributed by atoms with Gasteiger partial charge in [0.2, 0.25) is 5.91 Å². The van der Waals surface area contributed by atoms with E-state index in [1.165, 1.54) is 0 Å². The average molecular weight is 305 g/mol. The predicted molar refractivity (Wildman–Crippen MR) is 73.6 cm³/mol. The van der Waals surface area contributed by atoms with Crippen LogP contribution in [0, 0.1) is 0 Å². The maximum atomic E-state index is 11.5. The lowest BCUT2D eigenvalue weighted by Crippen LogP contribution is -2.45. The van der Waals surface area contributed by atoms with Crippen LogP contribution in [0.2, 0.25) is 0 Å². The summed E-state index contributed by atoms with van der Waals surface area (Å²) >= 11 is 0. The van der Waals surface area contributed by atoms with Gasteiger partial charge in [-0.3, -0.25) is 9.59 Å². The molecule has 0 saturated carbocycles. The molecular weight excluding hydrogens is 282 g/mol. The summed E-state index contributed by atoms with van der Waals surface area (Å²) in [6.45, 7) is 2.35. The summed E-state index contributed by atoms with van der Waals surface area (Å²) in [6, 6.07) is 0. The second kappa shape index (κ2) is 10.1. The summed E-state index contributed by atoms with van der Waals surface area (Å²) < 4.78 is 0. The van der Waals surface area contributed by atoms with Crippen LogP contribution in [0.15, 0.2) is 0 Å². The van der Waals surface area contributed by atoms with Crippen molar-refractivity contribution in [2.24, 2.45) is 5.73 Å². The normalized spacial score (nSPS) is 13.4. The van der Waals surface area contributed by atoms with Crippen molar-refractivity contribution >= 4 is 17.8 Å². The number of aliphatic hydroxyl groups is 1. The summed E-state index contributed by atoms with van der Waals surface area (Å²) in [5, 5.41) is 32.6. The summed E-state index contributed by atoms with van der Waals surface area (Å²) in [7, 11) is 0. The molecule has 0 aromatic carbocycles. The fourth-order valence-electron chi connectivity index (χ4n) is 1.59. The lowest BCUT2D eigenvalue weighted by molar-refractivity contribution is -0.167. The molecule has 0 saturated heterocycles. The second-order valence-electron chi connectivity index (χ2n) is 4.68. The largest absolute Gasteiger partial charge is 0.481 e. The molecule has 0 radical (unpaired) electrons. The van der Waals surface area contributed by atoms with Gasteiger partial charge >= 0.3 is 11.9 Å². The molecule has 0 aliphatic heterocycles. The number of hydrogen-bond donors (Lipinski definition) is 6. The minimum Gasteiger partial charge on any atom is -0.481 e. The summed E-state index contributed by atoms with van der Waals surface area (Å²) in [4.78, 5) is 32.9. The first-order valence-electron chi connectivity index (χ1n) is 6.67. The fourth-order valence-corrected chi connectivity index (χ4v) is 1.59. The number of aliphatic carboxylic acids is 2. The Bertz CT molecular complexity index is 363. The fraction of sp³-hybridized carbons (Fsp3) is 0.750. The highest BCUT2D eigenvalue weighted by atomic mass is 16.4. The quantitative estimate of drug-likeness (QED) is 0.228. The molecule has 0 unspecified atom stereocenters. The highest BCUT2D eigenvalue weighted by molar-refractivity contribution is 5.90. The van der Waals surface area contributed by atoms with Crippen LogP contribution in [0.25, 0.3) is 0 Å². The highest BCUT2D eigenvalue weighted by Gasteiger charge is 2.40. The van der Waals surface area contributed by atoms with E-state index in [9.17, 15) is 19.5 Å². The number of nitrogens with one attached hydrogen (secondary N) is 2. The van der Waals surface area contributed by atoms with Crippen LogP contribution >= 0.6 is 0 Å². The Morgan fingerprint density at radius 3 is 2.14 bits per heavy atom. The Labute approximate surface area is 122 Å². The van der Waals surface area contributed by atoms with Gasteiger partial charge in [-0.1, -0.05) is 0 Å². The molecule has 0 aliphatic rings. The number of nitrogens with two attached hydrogens (primary N) is 1. The summed E-state index contributed by atoms with van der Waals surface area (Å²) in [6.07, 6.45) is -0.348. The van der Waals surface area contributed by atoms with Crippen molar-refractivity contribution in [3.05, 3.63) is 0 Å². The second-order valence-corrected chi connectivity index (χ2v) is 4.68. The number of rotatable bonds is 12. The van der Waals surface area contributed by atoms with E-state index in [1.807, 2.05) is 0 Å². The van der Waals surface area contributed by atoms with Gasteiger partial charge in [0.25, 0.3) is 0 Å². The number of hydrogen-bond acceptors (Lipinski definition) is 6. The van der Waals surface area contributed by atoms with E-state index >= 15 is 0 Å². The Morgan fingerprint density at radius 2 is 1.62 bits per heavy atom. The van der Waals surface area contributed by atoms with E-state index < -0.39 is 36.3 Å². The van der Waals surface area contributed by atoms with Gasteiger partial charge in [0, 0.05) is 6.54 Å². The Kier molecular flexibility index (Phi) is 9.26. The molecule has 7 N–H and O–H groups in total. The summed E-state index contributed by atoms with van der Waals surface area (Å²) in [5.41, 5.74) is 2.73. The first-order valence-corrected chi connectivity index (χ1v) is 6.67. The topological polar surface area (TPSA) is 162 Å². The molecule has 0 rings (SSSR count). The van der Waals surface area contributed by atoms with Crippen LogP contribution in [0.1, 0.15) is 25.7 Å². The molecule has 0 aromatic rings. The van der Waals surface area contributed by atoms with E-state index in [-0.39, 0.29) is 0 Å². The zero-order chi connectivity index (χ0) is 16.3. The lowest BCUT2D eigenvalue weighted by Gasteiger charge is -2.20. The third-order valence-electron chi connectivity index (χ3n) is 2.70. The average Bonchev–Trinajstić information content (AvgIpc) is 2.36. The van der Waals surface area contributed by atoms with Crippen molar-refractivity contribution in [3.63, 3.8) is 0 Å². The van der Waals surface area contributed by atoms with Crippen LogP contribution in [-0.4, -0.2) is 64.9 Å². The van der Waals surface area contributed by atoms with Gasteiger partial charge in [0.05, 0.1) is 12.8 Å². The van der Waals surface area contributed by atoms with Crippen LogP contribution in [-0.2, 0) is 14.4 Å². The van der Waals surface area contributed by atoms with E-state index in [4.69, 9.17) is 15.9 Å². The SMILES string of the molecule is NCCCNCCCNC(=O)C[C@](O)(CC(=O)O)C(=O)O. The van der Waals surface area contributed by atoms with Crippen LogP contribution in [0.3, 0.4) is 0 Å². The minimum atomic E-state index is -2.59. The Morgan fingerprint density at radius 1 is 1.00 bits per heavy atom. The van der Waals surface area contributed by atoms with E-state index in [0.717, 1.165) is 13.0 Å². The number of carboxylic acid groups (broad SMARTS) is 2. The highest BCUT2D eigenvalue weighted by Crippen LogP contribution is 2.15. The monoisotopic (exact) mass is 305 g/mol. The third-order valence-corrected chi connectivity index (χ3v) is 2.70. The molecule has 1 amide bonds. The molecule has 0 bridgehead atoms. The van der Waals surface area contributed by atoms with Gasteiger partial charge < -0.3 is 31.7 Å². The molecule has 0 aromatic heterocycles. The van der Waals surface area contributed by atoms with Crippen molar-refractivity contribution in [2.45, 2.75) is 31.3 Å². The van der Waals surface area contributed by atoms with Crippen molar-refractivity contribution in [1.82, 2.24) is 10.6 Å². The molecule has 1 atom stereocenters. The van der Waals surface area contributed by atoms with Crippen LogP contribution < -0.4 is 16.4 Å². The van der Waals surface area contributed by atoms with Crippen LogP contribution in [0.5, 0.6) is 0 Å². The van der Waals surface area contributed by atoms with Crippen molar-refractivity contribution in [2.75, 3.05) is 26.2 Å². The maximum Gasteiger partial charge on any atom is 0.336 e. The number of amides is 1. The van der Waals surface area contributed by atoms with Gasteiger partial charge in [-0.2, -0.15) is 0 Å². The minimum absolute atomic E-state index is 0.303. The Hall–Kier alpha value is -1.71. The molecule has 0 fully saturated rings. The van der Waals surface area contributed by atoms with Gasteiger partial charge in [0.15, 0.2) is 5.60 Å². The van der Waals surface area contributed by atoms with Crippen molar-refractivity contribution in [1.29, 1.82) is 0 Å². The van der Waals surface area contributed by atoms with Crippen LogP contribution in [0.4, 0.5) is 0 Å². The molecule has 21 heavy (non-hydrogen) atoms. The first-order chi connectivity index (χ1) is 9.81. The van der Waals surface area contributed by atoms with E-state index in [2.05, 4.69) is 10.6 Å². The maximum absolute atomic E-state index is 11.5. The van der Waals surface area contributed by atoms with E-state index in [1.54, 1.807) is 0 Å². The van der Waals surface area contributed by atoms with Crippen molar-refractivity contribution in [3.8, 4) is 0 Å². The van der Waals surface area contributed by atoms with Crippen molar-refractivity contribution < 1.29 is 29.7 Å². The molecule has 0 spiro atoms. The Balaban J connectivity index is 4.00. The van der Waals surface area contributed by atoms with Gasteiger partial charge in [-0.25, -0.2) is 4.79 Å². The number of carboxylic acids is 2. The predicted octanol–water partition coefficient (Wildman–Crippen LogP) is -1.89. The van der Waals surface area contributed by atoms with E-state index in [0.29, 0.717) is 26.1 Å². The zero-order valence-corrected chi connectivity index (χ0v) is 11.8. The third kappa shape index (κ3) is 8.95. The zero-order valence-electron chi connectivity index (χ0n) is 11.8. The van der Waals surface area contributed by atoms with Gasteiger partial charge in [-0.05, 0) is 32.5 Å². The lowest BCUT2D eigenvalue weighted by atomic mass is 9.95. The first kappa shape index (κ1) is 19.3. The standard InChI is InChI=1S/C12H23N3O6/c13-3-1-4-14-5-2-6-15-9(16)7-12(21,11(19)20)8-10(17)18/h14,21H,1-8,13H2,(H,15,16)(H,17,18)(H,19,20)/t12-/m0/s1. The summed E-state index contributed by atoms with van der Waals surface area (Å²) in [5.74, 6) is -3.93. The molecule has 9 heteroatoms. The molecule has 0 heterocycles.